The summed E-state index contributed by atoms with van der Waals surface area (Å²) in [5.74, 6) is -1.18. The van der Waals surface area contributed by atoms with E-state index in [0.29, 0.717) is 0 Å². The molecule has 0 amide bonds. The molecule has 0 radical (unpaired) electrons. The molecular weight excluding hydrogens is 298 g/mol. The van der Waals surface area contributed by atoms with Crippen LogP contribution in [-0.4, -0.2) is 10.1 Å². The summed E-state index contributed by atoms with van der Waals surface area (Å²) >= 11 is 1.67. The Morgan fingerprint density at radius 3 is 2.62 bits per heavy atom. The Kier molecular flexibility index (Phi) is 3.48. The smallest absolute Gasteiger partial charge is 0.268 e. The quantitative estimate of drug-likeness (QED) is 0.671. The lowest BCUT2D eigenvalue weighted by Gasteiger charge is -2.05. The Morgan fingerprint density at radius 2 is 2.15 bits per heavy atom. The molecule has 72 valence electrons. The molecule has 1 N–H and O–H groups in total. The maximum atomic E-state index is 12.7. The van der Waals surface area contributed by atoms with Gasteiger partial charge in [-0.1, -0.05) is 0 Å². The first kappa shape index (κ1) is 10.7. The van der Waals surface area contributed by atoms with Gasteiger partial charge in [0.2, 0.25) is 5.95 Å². The maximum Gasteiger partial charge on any atom is 0.268 e. The first-order valence-corrected chi connectivity index (χ1v) is 4.38. The highest BCUT2D eigenvalue weighted by Crippen LogP contribution is 2.23. The van der Waals surface area contributed by atoms with Crippen molar-refractivity contribution in [2.45, 2.75) is 13.0 Å². The minimum absolute atomic E-state index is 0.196. The van der Waals surface area contributed by atoms with E-state index in [2.05, 4.69) is 4.98 Å². The fraction of sp³-hybridized carbons (Fsp3) is 0.286. The average molecular weight is 303 g/mol. The third-order valence-electron chi connectivity index (χ3n) is 1.43. The summed E-state index contributed by atoms with van der Waals surface area (Å²) < 4.78 is 37.2. The van der Waals surface area contributed by atoms with Crippen LogP contribution in [-0.2, 0) is 6.61 Å². The van der Waals surface area contributed by atoms with Crippen molar-refractivity contribution in [1.29, 1.82) is 0 Å². The van der Waals surface area contributed by atoms with Gasteiger partial charge in [0, 0.05) is 5.56 Å². The highest BCUT2D eigenvalue weighted by atomic mass is 127. The zero-order valence-corrected chi connectivity index (χ0v) is 8.43. The molecule has 0 saturated carbocycles. The number of hydrogen-bond acceptors (Lipinski definition) is 2. The number of pyridine rings is 1. The standard InChI is InChI=1S/C7H5F3INO/c8-5(9)4-1-3(2-13)7(11)12-6(4)10/h1,5,13H,2H2. The molecule has 1 heterocycles. The minimum atomic E-state index is -2.91. The number of aliphatic hydroxyl groups is 1. The molecule has 0 aliphatic heterocycles. The molecule has 1 aromatic rings. The molecule has 6 heteroatoms. The molecule has 13 heavy (non-hydrogen) atoms. The Hall–Kier alpha value is -0.370. The number of aliphatic hydroxyl groups excluding tert-OH is 1. The molecule has 0 bridgehead atoms. The van der Waals surface area contributed by atoms with Crippen molar-refractivity contribution in [2.75, 3.05) is 0 Å². The number of alkyl halides is 2. The Bertz CT molecular complexity index is 319. The van der Waals surface area contributed by atoms with Crippen molar-refractivity contribution in [3.8, 4) is 0 Å². The van der Waals surface area contributed by atoms with Gasteiger partial charge < -0.3 is 5.11 Å². The van der Waals surface area contributed by atoms with E-state index in [4.69, 9.17) is 5.11 Å². The lowest BCUT2D eigenvalue weighted by atomic mass is 10.2. The summed E-state index contributed by atoms with van der Waals surface area (Å²) in [6.45, 7) is -0.425. The van der Waals surface area contributed by atoms with Gasteiger partial charge in [0.25, 0.3) is 6.43 Å². The summed E-state index contributed by atoms with van der Waals surface area (Å²) in [7, 11) is 0. The van der Waals surface area contributed by atoms with Gasteiger partial charge in [-0.25, -0.2) is 13.8 Å². The molecule has 2 nitrogen and oxygen atoms in total. The molecule has 0 aliphatic carbocycles. The van der Waals surface area contributed by atoms with Crippen LogP contribution in [0.5, 0.6) is 0 Å². The van der Waals surface area contributed by atoms with Crippen molar-refractivity contribution in [2.24, 2.45) is 0 Å². The SMILES string of the molecule is OCc1cc(C(F)F)c(F)nc1I. The van der Waals surface area contributed by atoms with E-state index in [1.54, 1.807) is 22.6 Å². The minimum Gasteiger partial charge on any atom is -0.392 e. The van der Waals surface area contributed by atoms with Crippen LogP contribution in [0.1, 0.15) is 17.6 Å². The van der Waals surface area contributed by atoms with E-state index < -0.39 is 24.5 Å². The molecule has 0 saturated heterocycles. The van der Waals surface area contributed by atoms with Crippen molar-refractivity contribution in [1.82, 2.24) is 4.98 Å². The molecule has 0 unspecified atom stereocenters. The van der Waals surface area contributed by atoms with E-state index >= 15 is 0 Å². The Morgan fingerprint density at radius 1 is 1.54 bits per heavy atom. The third-order valence-corrected chi connectivity index (χ3v) is 2.37. The zero-order chi connectivity index (χ0) is 10.0. The predicted octanol–water partition coefficient (Wildman–Crippen LogP) is 2.26. The third kappa shape index (κ3) is 2.31. The fourth-order valence-electron chi connectivity index (χ4n) is 0.793. The number of aromatic nitrogens is 1. The van der Waals surface area contributed by atoms with E-state index in [1.165, 1.54) is 0 Å². The number of rotatable bonds is 2. The topological polar surface area (TPSA) is 33.1 Å². The van der Waals surface area contributed by atoms with E-state index in [1.807, 2.05) is 0 Å². The first-order chi connectivity index (χ1) is 6.06. The maximum absolute atomic E-state index is 12.7. The number of nitrogens with zero attached hydrogens (tertiary/aromatic N) is 1. The highest BCUT2D eigenvalue weighted by molar-refractivity contribution is 14.1. The normalized spacial score (nSPS) is 10.9. The second-order valence-electron chi connectivity index (χ2n) is 2.28. The summed E-state index contributed by atoms with van der Waals surface area (Å²) in [5, 5.41) is 8.70. The lowest BCUT2D eigenvalue weighted by Crippen LogP contribution is -2.01. The molecule has 1 rings (SSSR count). The van der Waals surface area contributed by atoms with Crippen LogP contribution in [0.3, 0.4) is 0 Å². The summed E-state index contributed by atoms with van der Waals surface area (Å²) in [6, 6.07) is 0.925. The van der Waals surface area contributed by atoms with Crippen LogP contribution in [0.4, 0.5) is 13.2 Å². The van der Waals surface area contributed by atoms with Gasteiger partial charge in [-0.2, -0.15) is 4.39 Å². The van der Waals surface area contributed by atoms with E-state index in [0.717, 1.165) is 6.07 Å². The van der Waals surface area contributed by atoms with Crippen LogP contribution < -0.4 is 0 Å². The van der Waals surface area contributed by atoms with Gasteiger partial charge in [-0.3, -0.25) is 0 Å². The molecule has 0 fully saturated rings. The summed E-state index contributed by atoms with van der Waals surface area (Å²) in [4.78, 5) is 3.25. The molecule has 0 spiro atoms. The Balaban J connectivity index is 3.22. The van der Waals surface area contributed by atoms with Gasteiger partial charge in [0.05, 0.1) is 12.2 Å². The van der Waals surface area contributed by atoms with E-state index in [9.17, 15) is 13.2 Å². The molecule has 0 atom stereocenters. The van der Waals surface area contributed by atoms with Gasteiger partial charge in [0.15, 0.2) is 0 Å². The van der Waals surface area contributed by atoms with Crippen LogP contribution in [0.2, 0.25) is 0 Å². The van der Waals surface area contributed by atoms with Crippen molar-refractivity contribution in [3.05, 3.63) is 26.8 Å². The zero-order valence-electron chi connectivity index (χ0n) is 6.27. The van der Waals surface area contributed by atoms with Crippen LogP contribution in [0, 0.1) is 9.65 Å². The van der Waals surface area contributed by atoms with Gasteiger partial charge in [0.1, 0.15) is 3.70 Å². The fourth-order valence-corrected chi connectivity index (χ4v) is 1.33. The van der Waals surface area contributed by atoms with Gasteiger partial charge in [-0.15, -0.1) is 0 Å². The predicted molar refractivity (Wildman–Crippen MR) is 47.8 cm³/mol. The van der Waals surface area contributed by atoms with E-state index in [-0.39, 0.29) is 9.26 Å². The van der Waals surface area contributed by atoms with Crippen molar-refractivity contribution < 1.29 is 18.3 Å². The number of halogens is 4. The second-order valence-corrected chi connectivity index (χ2v) is 3.30. The summed E-state index contributed by atoms with van der Waals surface area (Å²) in [6.07, 6.45) is -2.91. The lowest BCUT2D eigenvalue weighted by molar-refractivity contribution is 0.144. The van der Waals surface area contributed by atoms with Crippen LogP contribution in [0.25, 0.3) is 0 Å². The number of hydrogen-bond donors (Lipinski definition) is 1. The highest BCUT2D eigenvalue weighted by Gasteiger charge is 2.17. The van der Waals surface area contributed by atoms with Crippen molar-refractivity contribution >= 4 is 22.6 Å². The van der Waals surface area contributed by atoms with Gasteiger partial charge in [-0.05, 0) is 28.7 Å². The molecule has 0 aromatic carbocycles. The molecule has 0 aliphatic rings. The van der Waals surface area contributed by atoms with Crippen LogP contribution in [0.15, 0.2) is 6.07 Å². The van der Waals surface area contributed by atoms with Crippen LogP contribution >= 0.6 is 22.6 Å². The first-order valence-electron chi connectivity index (χ1n) is 3.30. The molecule has 1 aromatic heterocycles. The Labute approximate surface area is 85.9 Å². The largest absolute Gasteiger partial charge is 0.392 e. The summed E-state index contributed by atoms with van der Waals surface area (Å²) in [5.41, 5.74) is -0.568. The average Bonchev–Trinajstić information content (AvgIpc) is 2.03. The second kappa shape index (κ2) is 4.23. The van der Waals surface area contributed by atoms with Crippen molar-refractivity contribution in [3.63, 3.8) is 0 Å². The molecular formula is C7H5F3INO. The monoisotopic (exact) mass is 303 g/mol. The van der Waals surface area contributed by atoms with Gasteiger partial charge >= 0.3 is 0 Å².